The van der Waals surface area contributed by atoms with Gasteiger partial charge in [-0.3, -0.25) is 4.79 Å². The number of ether oxygens (including phenoxy) is 1. The monoisotopic (exact) mass is 421 g/mol. The summed E-state index contributed by atoms with van der Waals surface area (Å²) >= 11 is 1.20. The fourth-order valence-electron chi connectivity index (χ4n) is 3.76. The maximum Gasteiger partial charge on any atom is 0.241 e. The van der Waals surface area contributed by atoms with E-state index >= 15 is 0 Å². The first-order chi connectivity index (χ1) is 13.9. The Hall–Kier alpha value is -2.52. The highest BCUT2D eigenvalue weighted by atomic mass is 32.2. The van der Waals surface area contributed by atoms with Crippen LogP contribution < -0.4 is 10.5 Å². The van der Waals surface area contributed by atoms with Gasteiger partial charge in [0.2, 0.25) is 5.91 Å². The largest absolute Gasteiger partial charge is 0.493 e. The summed E-state index contributed by atoms with van der Waals surface area (Å²) in [6.07, 6.45) is 0.493. The van der Waals surface area contributed by atoms with Crippen molar-refractivity contribution in [3.63, 3.8) is 0 Å². The van der Waals surface area contributed by atoms with Gasteiger partial charge in [-0.25, -0.2) is 18.2 Å². The molecular formula is C20H18F3N3O2S. The summed E-state index contributed by atoms with van der Waals surface area (Å²) in [7, 11) is 0. The predicted molar refractivity (Wildman–Crippen MR) is 104 cm³/mol. The van der Waals surface area contributed by atoms with Crippen LogP contribution in [0.2, 0.25) is 0 Å². The Balaban J connectivity index is 1.89. The predicted octanol–water partition coefficient (Wildman–Crippen LogP) is 3.57. The summed E-state index contributed by atoms with van der Waals surface area (Å²) in [5.41, 5.74) is 6.58. The molecule has 0 unspecified atom stereocenters. The average molecular weight is 421 g/mol. The third-order valence-corrected chi connectivity index (χ3v) is 6.61. The number of rotatable bonds is 3. The van der Waals surface area contributed by atoms with Crippen molar-refractivity contribution in [3.05, 3.63) is 65.0 Å². The van der Waals surface area contributed by atoms with E-state index in [1.807, 2.05) is 0 Å². The lowest BCUT2D eigenvalue weighted by Crippen LogP contribution is -2.51. The molecule has 1 amide bonds. The number of hydrazone groups is 1. The van der Waals surface area contributed by atoms with Crippen LogP contribution in [0.25, 0.3) is 0 Å². The first-order valence-corrected chi connectivity index (χ1v) is 9.85. The first kappa shape index (κ1) is 19.8. The molecule has 2 aliphatic heterocycles. The zero-order valence-corrected chi connectivity index (χ0v) is 16.3. The molecule has 2 atom stereocenters. The fraction of sp³-hybridized carbons (Fsp3) is 0.300. The van der Waals surface area contributed by atoms with Crippen LogP contribution in [-0.2, 0) is 9.67 Å². The van der Waals surface area contributed by atoms with Gasteiger partial charge >= 0.3 is 0 Å². The van der Waals surface area contributed by atoms with E-state index in [1.54, 1.807) is 0 Å². The summed E-state index contributed by atoms with van der Waals surface area (Å²) in [5.74, 6) is -2.69. The molecule has 9 heteroatoms. The van der Waals surface area contributed by atoms with Gasteiger partial charge in [0.25, 0.3) is 0 Å². The normalized spacial score (nSPS) is 23.0. The minimum atomic E-state index is -1.10. The van der Waals surface area contributed by atoms with E-state index in [4.69, 9.17) is 10.5 Å². The molecule has 0 bridgehead atoms. The SMILES string of the molecule is CC(=O)N1N=C(c2ccc(F)c(F)c2)S[C@@]12c1cc(F)ccc1OC[C@@H]2CCN. The molecular weight excluding hydrogens is 403 g/mol. The zero-order valence-electron chi connectivity index (χ0n) is 15.5. The number of hydrogen-bond acceptors (Lipinski definition) is 5. The maximum absolute atomic E-state index is 14.2. The molecule has 0 aliphatic carbocycles. The lowest BCUT2D eigenvalue weighted by atomic mass is 9.86. The molecule has 0 saturated heterocycles. The summed E-state index contributed by atoms with van der Waals surface area (Å²) in [5, 5.41) is 6.04. The van der Waals surface area contributed by atoms with Crippen LogP contribution >= 0.6 is 11.8 Å². The van der Waals surface area contributed by atoms with Gasteiger partial charge in [-0.2, -0.15) is 5.10 Å². The van der Waals surface area contributed by atoms with Crippen LogP contribution in [0, 0.1) is 23.4 Å². The highest BCUT2D eigenvalue weighted by molar-refractivity contribution is 8.15. The number of halogens is 3. The Morgan fingerprint density at radius 3 is 2.76 bits per heavy atom. The highest BCUT2D eigenvalue weighted by Gasteiger charge is 2.56. The number of nitrogens with zero attached hydrogens (tertiary/aromatic N) is 2. The van der Waals surface area contributed by atoms with Gasteiger partial charge in [-0.15, -0.1) is 0 Å². The molecule has 0 aromatic heterocycles. The fourth-order valence-corrected chi connectivity index (χ4v) is 5.30. The van der Waals surface area contributed by atoms with Crippen molar-refractivity contribution in [1.29, 1.82) is 0 Å². The van der Waals surface area contributed by atoms with Crippen LogP contribution in [-0.4, -0.2) is 29.1 Å². The summed E-state index contributed by atoms with van der Waals surface area (Å²) in [6, 6.07) is 7.55. The topological polar surface area (TPSA) is 67.9 Å². The Bertz CT molecular complexity index is 1020. The van der Waals surface area contributed by atoms with Crippen molar-refractivity contribution < 1.29 is 22.7 Å². The van der Waals surface area contributed by atoms with Crippen LogP contribution in [0.1, 0.15) is 24.5 Å². The van der Waals surface area contributed by atoms with Gasteiger partial charge in [0, 0.05) is 24.0 Å². The van der Waals surface area contributed by atoms with Crippen molar-refractivity contribution in [1.82, 2.24) is 5.01 Å². The molecule has 1 spiro atoms. The summed E-state index contributed by atoms with van der Waals surface area (Å²) < 4.78 is 47.2. The number of amides is 1. The Morgan fingerprint density at radius 2 is 2.07 bits per heavy atom. The van der Waals surface area contributed by atoms with E-state index < -0.39 is 22.3 Å². The van der Waals surface area contributed by atoms with E-state index in [9.17, 15) is 18.0 Å². The second-order valence-electron chi connectivity index (χ2n) is 6.89. The van der Waals surface area contributed by atoms with Crippen molar-refractivity contribution in [2.45, 2.75) is 18.2 Å². The highest BCUT2D eigenvalue weighted by Crippen LogP contribution is 2.57. The number of carbonyl (C=O) groups is 1. The Morgan fingerprint density at radius 1 is 1.28 bits per heavy atom. The number of benzene rings is 2. The van der Waals surface area contributed by atoms with E-state index in [0.29, 0.717) is 34.9 Å². The zero-order chi connectivity index (χ0) is 20.8. The second kappa shape index (κ2) is 7.38. The third-order valence-electron chi connectivity index (χ3n) is 5.06. The third kappa shape index (κ3) is 3.18. The number of fused-ring (bicyclic) bond motifs is 2. The number of hydrogen-bond donors (Lipinski definition) is 1. The molecule has 2 aliphatic rings. The molecule has 4 rings (SSSR count). The Kier molecular flexibility index (Phi) is 5.04. The van der Waals surface area contributed by atoms with Crippen LogP contribution in [0.15, 0.2) is 41.5 Å². The maximum atomic E-state index is 14.2. The van der Waals surface area contributed by atoms with Crippen LogP contribution in [0.4, 0.5) is 13.2 Å². The average Bonchev–Trinajstić information content (AvgIpc) is 3.08. The number of nitrogens with two attached hydrogens (primary N) is 1. The summed E-state index contributed by atoms with van der Waals surface area (Å²) in [4.78, 5) is 11.5. The molecule has 2 aromatic rings. The second-order valence-corrected chi connectivity index (χ2v) is 8.10. The summed E-state index contributed by atoms with van der Waals surface area (Å²) in [6.45, 7) is 1.94. The van der Waals surface area contributed by atoms with Crippen LogP contribution in [0.3, 0.4) is 0 Å². The van der Waals surface area contributed by atoms with E-state index in [0.717, 1.165) is 12.1 Å². The molecule has 29 heavy (non-hydrogen) atoms. The van der Waals surface area contributed by atoms with E-state index in [2.05, 4.69) is 5.10 Å². The Labute approximate surface area is 169 Å². The molecule has 5 nitrogen and oxygen atoms in total. The van der Waals surface area contributed by atoms with Gasteiger partial charge in [0.05, 0.1) is 6.61 Å². The van der Waals surface area contributed by atoms with Gasteiger partial charge in [-0.05, 0) is 49.4 Å². The van der Waals surface area contributed by atoms with Crippen molar-refractivity contribution >= 4 is 22.7 Å². The smallest absolute Gasteiger partial charge is 0.241 e. The number of thioether (sulfide) groups is 1. The molecule has 2 aromatic carbocycles. The molecule has 0 saturated carbocycles. The van der Waals surface area contributed by atoms with Gasteiger partial charge in [0.15, 0.2) is 16.5 Å². The van der Waals surface area contributed by atoms with E-state index in [-0.39, 0.29) is 18.4 Å². The lowest BCUT2D eigenvalue weighted by Gasteiger charge is -2.45. The molecule has 152 valence electrons. The van der Waals surface area contributed by atoms with Crippen LogP contribution in [0.5, 0.6) is 5.75 Å². The molecule has 2 N–H and O–H groups in total. The minimum absolute atomic E-state index is 0.257. The van der Waals surface area contributed by atoms with Crippen molar-refractivity contribution in [3.8, 4) is 5.75 Å². The molecule has 2 heterocycles. The molecule has 0 radical (unpaired) electrons. The van der Waals surface area contributed by atoms with Crippen molar-refractivity contribution in [2.75, 3.05) is 13.2 Å². The van der Waals surface area contributed by atoms with E-state index in [1.165, 1.54) is 48.0 Å². The standard InChI is InChI=1S/C20H18F3N3O2S/c1-11(27)26-20(29-19(25-26)12-2-4-16(22)17(23)8-12)13(6-7-24)10-28-18-5-3-14(21)9-15(18)20/h2-5,8-9,13H,6-7,10,24H2,1H3/t13-,20-/m0/s1. The van der Waals surface area contributed by atoms with Gasteiger partial charge in [0.1, 0.15) is 16.6 Å². The molecule has 0 fully saturated rings. The minimum Gasteiger partial charge on any atom is -0.493 e. The lowest BCUT2D eigenvalue weighted by molar-refractivity contribution is -0.134. The van der Waals surface area contributed by atoms with Crippen molar-refractivity contribution in [2.24, 2.45) is 16.8 Å². The quantitative estimate of drug-likeness (QED) is 0.823. The first-order valence-electron chi connectivity index (χ1n) is 9.03. The number of carbonyl (C=O) groups excluding carboxylic acids is 1. The van der Waals surface area contributed by atoms with Gasteiger partial charge in [-0.1, -0.05) is 11.8 Å². The van der Waals surface area contributed by atoms with Gasteiger partial charge < -0.3 is 10.5 Å².